The van der Waals surface area contributed by atoms with E-state index in [4.69, 9.17) is 0 Å². The lowest BCUT2D eigenvalue weighted by Crippen LogP contribution is -2.33. The zero-order valence-corrected chi connectivity index (χ0v) is 7.36. The second-order valence-corrected chi connectivity index (χ2v) is 5.01. The van der Waals surface area contributed by atoms with Gasteiger partial charge in [0.05, 0.1) is 5.37 Å². The summed E-state index contributed by atoms with van der Waals surface area (Å²) in [5.41, 5.74) is 0. The lowest BCUT2D eigenvalue weighted by molar-refractivity contribution is 0.226. The highest BCUT2D eigenvalue weighted by molar-refractivity contribution is 8.00. The van der Waals surface area contributed by atoms with Crippen molar-refractivity contribution < 1.29 is 0 Å². The molecule has 0 radical (unpaired) electrons. The van der Waals surface area contributed by atoms with Gasteiger partial charge in [0, 0.05) is 11.8 Å². The maximum Gasteiger partial charge on any atom is 0.0560 e. The van der Waals surface area contributed by atoms with Gasteiger partial charge in [-0.1, -0.05) is 6.92 Å². The fourth-order valence-corrected chi connectivity index (χ4v) is 3.45. The third-order valence-electron chi connectivity index (χ3n) is 2.43. The molecule has 58 valence electrons. The second kappa shape index (κ2) is 2.74. The minimum absolute atomic E-state index is 0.892. The molecule has 2 aliphatic heterocycles. The van der Waals surface area contributed by atoms with Crippen molar-refractivity contribution in [3.05, 3.63) is 0 Å². The summed E-state index contributed by atoms with van der Waals surface area (Å²) < 4.78 is 0. The van der Waals surface area contributed by atoms with E-state index in [1.807, 2.05) is 0 Å². The summed E-state index contributed by atoms with van der Waals surface area (Å²) in [4.78, 5) is 2.65. The average molecular weight is 157 g/mol. The van der Waals surface area contributed by atoms with E-state index < -0.39 is 0 Å². The molecular weight excluding hydrogens is 142 g/mol. The van der Waals surface area contributed by atoms with Crippen molar-refractivity contribution in [2.24, 2.45) is 0 Å². The van der Waals surface area contributed by atoms with E-state index in [-0.39, 0.29) is 0 Å². The lowest BCUT2D eigenvalue weighted by atomic mass is 10.1. The van der Waals surface area contributed by atoms with Crippen LogP contribution < -0.4 is 0 Å². The molecule has 0 amide bonds. The Balaban J connectivity index is 1.97. The summed E-state index contributed by atoms with van der Waals surface area (Å²) in [6, 6.07) is 0. The molecule has 2 fully saturated rings. The molecule has 0 spiro atoms. The molecule has 0 aromatic carbocycles. The molecule has 2 atom stereocenters. The molecule has 0 aliphatic carbocycles. The van der Waals surface area contributed by atoms with Crippen LogP contribution in [0.4, 0.5) is 0 Å². The minimum Gasteiger partial charge on any atom is -0.290 e. The second-order valence-electron chi connectivity index (χ2n) is 3.39. The smallest absolute Gasteiger partial charge is 0.0560 e. The molecule has 2 rings (SSSR count). The lowest BCUT2D eigenvalue weighted by Gasteiger charge is -2.27. The zero-order valence-electron chi connectivity index (χ0n) is 6.55. The summed E-state index contributed by atoms with van der Waals surface area (Å²) in [5.74, 6) is 0. The highest BCUT2D eigenvalue weighted by atomic mass is 32.2. The van der Waals surface area contributed by atoms with Gasteiger partial charge in [-0.15, -0.1) is 11.8 Å². The third-order valence-corrected chi connectivity index (χ3v) is 3.90. The molecule has 0 aromatic heterocycles. The van der Waals surface area contributed by atoms with E-state index in [0.717, 1.165) is 10.6 Å². The number of hydrogen-bond acceptors (Lipinski definition) is 2. The van der Waals surface area contributed by atoms with Crippen LogP contribution in [0.2, 0.25) is 0 Å². The van der Waals surface area contributed by atoms with Gasteiger partial charge in [0.15, 0.2) is 0 Å². The van der Waals surface area contributed by atoms with Crippen molar-refractivity contribution in [3.63, 3.8) is 0 Å². The van der Waals surface area contributed by atoms with E-state index >= 15 is 0 Å². The molecule has 10 heavy (non-hydrogen) atoms. The third kappa shape index (κ3) is 1.19. The Labute approximate surface area is 67.2 Å². The normalized spacial score (nSPS) is 41.7. The standard InChI is InChI=1S/C8H15NS/c1-7-6-9-5-3-2-4-8(9)10-7/h7-8H,2-6H2,1H3/t7-,8+/m1/s1. The van der Waals surface area contributed by atoms with Crippen LogP contribution in [0.5, 0.6) is 0 Å². The highest BCUT2D eigenvalue weighted by Gasteiger charge is 2.31. The topological polar surface area (TPSA) is 3.24 Å². The van der Waals surface area contributed by atoms with Gasteiger partial charge in [-0.25, -0.2) is 0 Å². The van der Waals surface area contributed by atoms with Crippen LogP contribution in [-0.2, 0) is 0 Å². The number of piperidine rings is 1. The summed E-state index contributed by atoms with van der Waals surface area (Å²) in [6.45, 7) is 5.06. The molecule has 2 saturated heterocycles. The molecule has 1 nitrogen and oxygen atoms in total. The summed E-state index contributed by atoms with van der Waals surface area (Å²) in [5, 5.41) is 1.78. The first-order chi connectivity index (χ1) is 4.86. The van der Waals surface area contributed by atoms with Crippen molar-refractivity contribution in [2.45, 2.75) is 36.8 Å². The molecule has 0 bridgehead atoms. The number of nitrogens with zero attached hydrogens (tertiary/aromatic N) is 1. The van der Waals surface area contributed by atoms with Crippen LogP contribution in [0.15, 0.2) is 0 Å². The van der Waals surface area contributed by atoms with Crippen LogP contribution >= 0.6 is 11.8 Å². The Kier molecular flexibility index (Phi) is 1.92. The molecule has 0 N–H and O–H groups in total. The number of rotatable bonds is 0. The molecule has 0 saturated carbocycles. The van der Waals surface area contributed by atoms with Crippen LogP contribution in [0.25, 0.3) is 0 Å². The van der Waals surface area contributed by atoms with E-state index in [9.17, 15) is 0 Å². The summed E-state index contributed by atoms with van der Waals surface area (Å²) >= 11 is 2.18. The van der Waals surface area contributed by atoms with Gasteiger partial charge in [0.1, 0.15) is 0 Å². The van der Waals surface area contributed by atoms with Crippen LogP contribution in [-0.4, -0.2) is 28.6 Å². The Morgan fingerprint density at radius 3 is 3.10 bits per heavy atom. The Bertz CT molecular complexity index is 112. The van der Waals surface area contributed by atoms with Gasteiger partial charge in [-0.3, -0.25) is 4.90 Å². The highest BCUT2D eigenvalue weighted by Crippen LogP contribution is 2.35. The molecule has 0 aromatic rings. The largest absolute Gasteiger partial charge is 0.290 e. The van der Waals surface area contributed by atoms with Crippen molar-refractivity contribution in [1.29, 1.82) is 0 Å². The van der Waals surface area contributed by atoms with Gasteiger partial charge in [-0.05, 0) is 25.8 Å². The van der Waals surface area contributed by atoms with Gasteiger partial charge in [0.2, 0.25) is 0 Å². The molecule has 2 aliphatic rings. The van der Waals surface area contributed by atoms with Crippen molar-refractivity contribution >= 4 is 11.8 Å². The first-order valence-electron chi connectivity index (χ1n) is 4.26. The zero-order chi connectivity index (χ0) is 6.97. The summed E-state index contributed by atoms with van der Waals surface area (Å²) in [7, 11) is 0. The Morgan fingerprint density at radius 1 is 1.40 bits per heavy atom. The van der Waals surface area contributed by atoms with Crippen molar-refractivity contribution in [2.75, 3.05) is 13.1 Å². The van der Waals surface area contributed by atoms with Crippen molar-refractivity contribution in [1.82, 2.24) is 4.90 Å². The predicted molar refractivity (Wildman–Crippen MR) is 46.3 cm³/mol. The minimum atomic E-state index is 0.892. The SMILES string of the molecule is C[C@@H]1CN2CCCC[C@@H]2S1. The Hall–Kier alpha value is 0.310. The van der Waals surface area contributed by atoms with Gasteiger partial charge in [-0.2, -0.15) is 0 Å². The van der Waals surface area contributed by atoms with Crippen LogP contribution in [0, 0.1) is 0 Å². The fraction of sp³-hybridized carbons (Fsp3) is 1.00. The molecule has 2 heteroatoms. The predicted octanol–water partition coefficient (Wildman–Crippen LogP) is 1.93. The summed E-state index contributed by atoms with van der Waals surface area (Å²) in [6.07, 6.45) is 4.33. The quantitative estimate of drug-likeness (QED) is 0.528. The number of hydrogen-bond donors (Lipinski definition) is 0. The first-order valence-corrected chi connectivity index (χ1v) is 5.20. The monoisotopic (exact) mass is 157 g/mol. The maximum atomic E-state index is 2.65. The van der Waals surface area contributed by atoms with Crippen LogP contribution in [0.1, 0.15) is 26.2 Å². The molecular formula is C8H15NS. The number of thioether (sulfide) groups is 1. The van der Waals surface area contributed by atoms with Gasteiger partial charge in [0.25, 0.3) is 0 Å². The average Bonchev–Trinajstić information content (AvgIpc) is 2.27. The van der Waals surface area contributed by atoms with E-state index in [1.165, 1.54) is 32.4 Å². The van der Waals surface area contributed by atoms with E-state index in [0.29, 0.717) is 0 Å². The first kappa shape index (κ1) is 6.99. The van der Waals surface area contributed by atoms with E-state index in [2.05, 4.69) is 23.6 Å². The van der Waals surface area contributed by atoms with E-state index in [1.54, 1.807) is 0 Å². The maximum absolute atomic E-state index is 2.65. The number of fused-ring (bicyclic) bond motifs is 1. The van der Waals surface area contributed by atoms with Gasteiger partial charge >= 0.3 is 0 Å². The van der Waals surface area contributed by atoms with Gasteiger partial charge < -0.3 is 0 Å². The van der Waals surface area contributed by atoms with Crippen molar-refractivity contribution in [3.8, 4) is 0 Å². The van der Waals surface area contributed by atoms with Crippen LogP contribution in [0.3, 0.4) is 0 Å². The molecule has 0 unspecified atom stereocenters. The Morgan fingerprint density at radius 2 is 2.30 bits per heavy atom. The fourth-order valence-electron chi connectivity index (χ4n) is 1.96. The molecule has 2 heterocycles.